The van der Waals surface area contributed by atoms with E-state index in [2.05, 4.69) is 27.8 Å². The molecule has 1 saturated heterocycles. The van der Waals surface area contributed by atoms with Gasteiger partial charge >= 0.3 is 0 Å². The van der Waals surface area contributed by atoms with Crippen molar-refractivity contribution in [2.45, 2.75) is 25.4 Å². The normalized spacial score (nSPS) is 24.6. The number of morpholine rings is 1. The molecule has 19 heavy (non-hydrogen) atoms. The number of likely N-dealkylation sites (N-methyl/N-ethyl adjacent to an activating group) is 1. The van der Waals surface area contributed by atoms with Gasteiger partial charge in [0.15, 0.2) is 0 Å². The monoisotopic (exact) mass is 268 g/mol. The van der Waals surface area contributed by atoms with Gasteiger partial charge < -0.3 is 15.0 Å². The fourth-order valence-corrected chi connectivity index (χ4v) is 2.13. The molecule has 2 amide bonds. The second-order valence-electron chi connectivity index (χ2n) is 4.89. The zero-order valence-electron chi connectivity index (χ0n) is 11.1. The summed E-state index contributed by atoms with van der Waals surface area (Å²) < 4.78 is 5.61. The van der Waals surface area contributed by atoms with Crippen LogP contribution in [0.3, 0.4) is 0 Å². The Morgan fingerprint density at radius 3 is 3.11 bits per heavy atom. The van der Waals surface area contributed by atoms with Crippen molar-refractivity contribution in [2.24, 2.45) is 5.10 Å². The van der Waals surface area contributed by atoms with E-state index in [9.17, 15) is 9.59 Å². The lowest BCUT2D eigenvalue weighted by atomic mass is 10.1. The number of hydrogen-bond acceptors (Lipinski definition) is 5. The molecule has 2 rings (SSSR count). The average Bonchev–Trinajstić information content (AvgIpc) is 2.39. The molecule has 2 aliphatic rings. The van der Waals surface area contributed by atoms with E-state index in [1.807, 2.05) is 0 Å². The topological polar surface area (TPSA) is 83.0 Å². The Kier molecular flexibility index (Phi) is 4.86. The lowest BCUT2D eigenvalue weighted by Crippen LogP contribution is -2.42. The lowest BCUT2D eigenvalue weighted by molar-refractivity contribution is -0.121. The third-order valence-electron chi connectivity index (χ3n) is 3.26. The molecular formula is C12H20N4O3. The number of carbonyl (C=O) groups is 2. The third-order valence-corrected chi connectivity index (χ3v) is 3.26. The number of rotatable bonds is 4. The first-order valence-electron chi connectivity index (χ1n) is 6.59. The Balaban J connectivity index is 1.68. The second-order valence-corrected chi connectivity index (χ2v) is 4.89. The number of carbonyl (C=O) groups excluding carboxylic acids is 2. The van der Waals surface area contributed by atoms with Crippen LogP contribution >= 0.6 is 0 Å². The van der Waals surface area contributed by atoms with Crippen LogP contribution in [0.25, 0.3) is 0 Å². The summed E-state index contributed by atoms with van der Waals surface area (Å²) in [5.41, 5.74) is 2.71. The van der Waals surface area contributed by atoms with Crippen LogP contribution in [-0.4, -0.2) is 61.8 Å². The van der Waals surface area contributed by atoms with Crippen LogP contribution in [0.4, 0.5) is 0 Å². The van der Waals surface area contributed by atoms with Crippen molar-refractivity contribution in [2.75, 3.05) is 33.3 Å². The summed E-state index contributed by atoms with van der Waals surface area (Å²) >= 11 is 0. The molecule has 0 spiro atoms. The number of amides is 2. The first-order chi connectivity index (χ1) is 9.15. The van der Waals surface area contributed by atoms with Crippen molar-refractivity contribution in [1.29, 1.82) is 0 Å². The largest absolute Gasteiger partial charge is 0.375 e. The van der Waals surface area contributed by atoms with Gasteiger partial charge in [0.25, 0.3) is 5.91 Å². The predicted octanol–water partition coefficient (Wildman–Crippen LogP) is -0.911. The fraction of sp³-hybridized carbons (Fsp3) is 0.750. The Morgan fingerprint density at radius 2 is 2.42 bits per heavy atom. The van der Waals surface area contributed by atoms with Gasteiger partial charge in [0.05, 0.1) is 12.7 Å². The molecule has 106 valence electrons. The van der Waals surface area contributed by atoms with Gasteiger partial charge in [-0.2, -0.15) is 5.10 Å². The summed E-state index contributed by atoms with van der Waals surface area (Å²) in [6, 6.07) is 0. The summed E-state index contributed by atoms with van der Waals surface area (Å²) in [5, 5.41) is 6.56. The van der Waals surface area contributed by atoms with Gasteiger partial charge in [-0.3, -0.25) is 9.59 Å². The molecule has 1 unspecified atom stereocenters. The maximum atomic E-state index is 11.8. The van der Waals surface area contributed by atoms with Crippen molar-refractivity contribution in [3.63, 3.8) is 0 Å². The minimum Gasteiger partial charge on any atom is -0.375 e. The van der Waals surface area contributed by atoms with Crippen molar-refractivity contribution < 1.29 is 14.3 Å². The minimum absolute atomic E-state index is 0.143. The number of nitrogens with zero attached hydrogens (tertiary/aromatic N) is 2. The predicted molar refractivity (Wildman–Crippen MR) is 69.7 cm³/mol. The molecule has 2 heterocycles. The Hall–Kier alpha value is -1.47. The molecule has 7 nitrogen and oxygen atoms in total. The van der Waals surface area contributed by atoms with Crippen molar-refractivity contribution >= 4 is 17.5 Å². The van der Waals surface area contributed by atoms with Crippen LogP contribution in [0.5, 0.6) is 0 Å². The van der Waals surface area contributed by atoms with E-state index in [-0.39, 0.29) is 17.9 Å². The molecule has 1 fully saturated rings. The molecule has 2 aliphatic heterocycles. The number of nitrogens with one attached hydrogen (secondary N) is 2. The van der Waals surface area contributed by atoms with Crippen LogP contribution < -0.4 is 10.7 Å². The summed E-state index contributed by atoms with van der Waals surface area (Å²) in [6.07, 6.45) is 1.69. The third kappa shape index (κ3) is 4.29. The molecule has 1 atom stereocenters. The summed E-state index contributed by atoms with van der Waals surface area (Å²) in [6.45, 7) is 3.16. The molecule has 0 aromatic heterocycles. The average molecular weight is 268 g/mol. The first-order valence-corrected chi connectivity index (χ1v) is 6.59. The van der Waals surface area contributed by atoms with E-state index < -0.39 is 0 Å². The van der Waals surface area contributed by atoms with Gasteiger partial charge in [-0.1, -0.05) is 0 Å². The highest BCUT2D eigenvalue weighted by atomic mass is 16.5. The van der Waals surface area contributed by atoms with Crippen LogP contribution in [0.15, 0.2) is 5.10 Å². The van der Waals surface area contributed by atoms with Crippen LogP contribution in [0, 0.1) is 0 Å². The Morgan fingerprint density at radius 1 is 1.58 bits per heavy atom. The van der Waals surface area contributed by atoms with Crippen molar-refractivity contribution in [3.05, 3.63) is 0 Å². The second kappa shape index (κ2) is 6.63. The highest BCUT2D eigenvalue weighted by Gasteiger charge is 2.20. The number of hydrogen-bond donors (Lipinski definition) is 2. The van der Waals surface area contributed by atoms with E-state index >= 15 is 0 Å². The van der Waals surface area contributed by atoms with Crippen molar-refractivity contribution in [3.8, 4) is 0 Å². The quantitative estimate of drug-likeness (QED) is 0.691. The first kappa shape index (κ1) is 14.0. The zero-order valence-corrected chi connectivity index (χ0v) is 11.1. The molecular weight excluding hydrogens is 248 g/mol. The maximum absolute atomic E-state index is 11.8. The highest BCUT2D eigenvalue weighted by Crippen LogP contribution is 2.06. The lowest BCUT2D eigenvalue weighted by Gasteiger charge is -2.30. The smallest absolute Gasteiger partial charge is 0.267 e. The Labute approximate surface area is 112 Å². The van der Waals surface area contributed by atoms with Gasteiger partial charge in [0.2, 0.25) is 5.91 Å². The van der Waals surface area contributed by atoms with Crippen LogP contribution in [0.2, 0.25) is 0 Å². The van der Waals surface area contributed by atoms with Gasteiger partial charge in [0, 0.05) is 32.5 Å². The molecule has 7 heteroatoms. The summed E-state index contributed by atoms with van der Waals surface area (Å²) in [4.78, 5) is 24.9. The molecule has 0 radical (unpaired) electrons. The van der Waals surface area contributed by atoms with Gasteiger partial charge in [-0.25, -0.2) is 5.43 Å². The molecule has 0 saturated carbocycles. The van der Waals surface area contributed by atoms with E-state index in [4.69, 9.17) is 4.74 Å². The van der Waals surface area contributed by atoms with Gasteiger partial charge in [-0.05, 0) is 13.5 Å². The summed E-state index contributed by atoms with van der Waals surface area (Å²) in [7, 11) is 2.06. The van der Waals surface area contributed by atoms with Gasteiger partial charge in [0.1, 0.15) is 5.71 Å². The van der Waals surface area contributed by atoms with E-state index in [1.165, 1.54) is 0 Å². The van der Waals surface area contributed by atoms with E-state index in [0.717, 1.165) is 26.1 Å². The zero-order chi connectivity index (χ0) is 13.7. The standard InChI is InChI=1S/C12H20N4O3/c1-16-6-7-19-9(8-16)4-5-13-12(18)10-2-3-11(17)15-14-10/h9H,2-8H2,1H3,(H,13,18)(H,15,17). The maximum Gasteiger partial charge on any atom is 0.267 e. The molecule has 0 bridgehead atoms. The fourth-order valence-electron chi connectivity index (χ4n) is 2.13. The Bertz CT molecular complexity index is 383. The van der Waals surface area contributed by atoms with Crippen LogP contribution in [-0.2, 0) is 14.3 Å². The molecule has 2 N–H and O–H groups in total. The van der Waals surface area contributed by atoms with E-state index in [0.29, 0.717) is 25.1 Å². The number of ether oxygens (including phenoxy) is 1. The summed E-state index contributed by atoms with van der Waals surface area (Å²) in [5.74, 6) is -0.348. The molecule has 0 aromatic carbocycles. The number of hydrazone groups is 1. The minimum atomic E-state index is -0.204. The van der Waals surface area contributed by atoms with Crippen molar-refractivity contribution in [1.82, 2.24) is 15.6 Å². The highest BCUT2D eigenvalue weighted by molar-refractivity contribution is 6.39. The van der Waals surface area contributed by atoms with Gasteiger partial charge in [-0.15, -0.1) is 0 Å². The SMILES string of the molecule is CN1CCOC(CCNC(=O)C2=NNC(=O)CC2)C1. The van der Waals surface area contributed by atoms with Crippen LogP contribution in [0.1, 0.15) is 19.3 Å². The molecule has 0 aromatic rings. The molecule has 0 aliphatic carbocycles. The van der Waals surface area contributed by atoms with E-state index in [1.54, 1.807) is 0 Å².